The van der Waals surface area contributed by atoms with E-state index in [0.717, 1.165) is 30.5 Å². The zero-order chi connectivity index (χ0) is 15.0. The van der Waals surface area contributed by atoms with Gasteiger partial charge < -0.3 is 5.32 Å². The maximum atomic E-state index is 12.6. The number of sulfonamides is 1. The molecular formula is C16H24N2O2S. The summed E-state index contributed by atoms with van der Waals surface area (Å²) in [6, 6.07) is 6.21. The van der Waals surface area contributed by atoms with Crippen molar-refractivity contribution in [3.8, 4) is 0 Å². The highest BCUT2D eigenvalue weighted by atomic mass is 32.2. The molecule has 4 nitrogen and oxygen atoms in total. The van der Waals surface area contributed by atoms with E-state index in [-0.39, 0.29) is 6.04 Å². The van der Waals surface area contributed by atoms with Gasteiger partial charge in [-0.2, -0.15) is 0 Å². The summed E-state index contributed by atoms with van der Waals surface area (Å²) < 4.78 is 28.0. The van der Waals surface area contributed by atoms with Crippen LogP contribution in [0.15, 0.2) is 23.1 Å². The van der Waals surface area contributed by atoms with Crippen LogP contribution >= 0.6 is 0 Å². The van der Waals surface area contributed by atoms with Gasteiger partial charge in [-0.05, 0) is 62.6 Å². The molecule has 0 aromatic heterocycles. The molecule has 3 rings (SSSR count). The van der Waals surface area contributed by atoms with Gasteiger partial charge in [0.05, 0.1) is 4.90 Å². The van der Waals surface area contributed by atoms with E-state index in [2.05, 4.69) is 10.0 Å². The average molecular weight is 308 g/mol. The van der Waals surface area contributed by atoms with Crippen molar-refractivity contribution in [3.63, 3.8) is 0 Å². The SMILES string of the molecule is Cc1c(CNC2CC2)cccc1S(=O)(=O)NC(C)C1CC1. The second-order valence-electron chi connectivity index (χ2n) is 6.44. The molecule has 0 bridgehead atoms. The van der Waals surface area contributed by atoms with Crippen molar-refractivity contribution in [2.45, 2.75) is 63.1 Å². The Balaban J connectivity index is 1.77. The topological polar surface area (TPSA) is 58.2 Å². The van der Waals surface area contributed by atoms with Crippen molar-refractivity contribution in [2.75, 3.05) is 0 Å². The van der Waals surface area contributed by atoms with E-state index in [1.165, 1.54) is 12.8 Å². The number of rotatable bonds is 7. The highest BCUT2D eigenvalue weighted by Gasteiger charge is 2.31. The summed E-state index contributed by atoms with van der Waals surface area (Å²) in [4.78, 5) is 0.421. The smallest absolute Gasteiger partial charge is 0.241 e. The van der Waals surface area contributed by atoms with Crippen LogP contribution in [0.4, 0.5) is 0 Å². The molecule has 0 amide bonds. The van der Waals surface area contributed by atoms with Crippen LogP contribution in [0, 0.1) is 12.8 Å². The summed E-state index contributed by atoms with van der Waals surface area (Å²) in [5, 5.41) is 3.45. The summed E-state index contributed by atoms with van der Waals surface area (Å²) in [6.45, 7) is 4.61. The van der Waals surface area contributed by atoms with Crippen LogP contribution in [0.1, 0.15) is 43.7 Å². The van der Waals surface area contributed by atoms with Gasteiger partial charge in [0, 0.05) is 18.6 Å². The molecule has 1 aromatic rings. The summed E-state index contributed by atoms with van der Waals surface area (Å²) in [5.41, 5.74) is 1.94. The van der Waals surface area contributed by atoms with Gasteiger partial charge in [-0.3, -0.25) is 0 Å². The second-order valence-corrected chi connectivity index (χ2v) is 8.13. The fourth-order valence-corrected chi connectivity index (χ4v) is 4.29. The zero-order valence-corrected chi connectivity index (χ0v) is 13.5. The van der Waals surface area contributed by atoms with Gasteiger partial charge in [0.1, 0.15) is 0 Å². The molecule has 0 spiro atoms. The molecule has 21 heavy (non-hydrogen) atoms. The van der Waals surface area contributed by atoms with Crippen molar-refractivity contribution >= 4 is 10.0 Å². The third kappa shape index (κ3) is 3.65. The lowest BCUT2D eigenvalue weighted by Crippen LogP contribution is -2.34. The Morgan fingerprint density at radius 2 is 1.95 bits per heavy atom. The first kappa shape index (κ1) is 15.0. The Morgan fingerprint density at radius 3 is 2.57 bits per heavy atom. The van der Waals surface area contributed by atoms with Gasteiger partial charge >= 0.3 is 0 Å². The summed E-state index contributed by atoms with van der Waals surface area (Å²) in [5.74, 6) is 0.514. The third-order valence-corrected chi connectivity index (χ3v) is 6.22. The van der Waals surface area contributed by atoms with Gasteiger partial charge in [0.15, 0.2) is 0 Å². The first-order chi connectivity index (χ1) is 9.97. The Hall–Kier alpha value is -0.910. The Kier molecular flexibility index (Phi) is 4.08. The molecule has 2 saturated carbocycles. The normalized spacial score (nSPS) is 20.5. The fraction of sp³-hybridized carbons (Fsp3) is 0.625. The monoisotopic (exact) mass is 308 g/mol. The molecule has 0 radical (unpaired) electrons. The number of hydrogen-bond acceptors (Lipinski definition) is 3. The lowest BCUT2D eigenvalue weighted by molar-refractivity contribution is 0.537. The predicted molar refractivity (Wildman–Crippen MR) is 83.5 cm³/mol. The predicted octanol–water partition coefficient (Wildman–Crippen LogP) is 2.32. The maximum Gasteiger partial charge on any atom is 0.241 e. The minimum atomic E-state index is -3.42. The molecule has 0 heterocycles. The third-order valence-electron chi connectivity index (χ3n) is 4.51. The molecule has 1 unspecified atom stereocenters. The van der Waals surface area contributed by atoms with E-state index < -0.39 is 10.0 Å². The average Bonchev–Trinajstić information content (AvgIpc) is 3.27. The molecule has 0 aliphatic heterocycles. The minimum absolute atomic E-state index is 0.0302. The van der Waals surface area contributed by atoms with Gasteiger partial charge in [0.25, 0.3) is 0 Å². The van der Waals surface area contributed by atoms with Crippen LogP contribution in [0.25, 0.3) is 0 Å². The largest absolute Gasteiger partial charge is 0.310 e. The maximum absolute atomic E-state index is 12.6. The van der Waals surface area contributed by atoms with Gasteiger partial charge in [-0.1, -0.05) is 12.1 Å². The number of benzene rings is 1. The highest BCUT2D eigenvalue weighted by Crippen LogP contribution is 2.33. The van der Waals surface area contributed by atoms with Crippen molar-refractivity contribution in [1.29, 1.82) is 0 Å². The van der Waals surface area contributed by atoms with E-state index in [0.29, 0.717) is 16.9 Å². The lowest BCUT2D eigenvalue weighted by Gasteiger charge is -2.16. The van der Waals surface area contributed by atoms with Crippen molar-refractivity contribution in [1.82, 2.24) is 10.0 Å². The van der Waals surface area contributed by atoms with E-state index in [1.807, 2.05) is 26.0 Å². The van der Waals surface area contributed by atoms with E-state index in [1.54, 1.807) is 6.07 Å². The van der Waals surface area contributed by atoms with Crippen molar-refractivity contribution < 1.29 is 8.42 Å². The van der Waals surface area contributed by atoms with Crippen molar-refractivity contribution in [3.05, 3.63) is 29.3 Å². The molecule has 1 atom stereocenters. The van der Waals surface area contributed by atoms with Crippen LogP contribution in [0.2, 0.25) is 0 Å². The second kappa shape index (κ2) is 5.71. The highest BCUT2D eigenvalue weighted by molar-refractivity contribution is 7.89. The summed E-state index contributed by atoms with van der Waals surface area (Å²) >= 11 is 0. The number of hydrogen-bond donors (Lipinski definition) is 2. The van der Waals surface area contributed by atoms with Crippen LogP contribution in [-0.4, -0.2) is 20.5 Å². The standard InChI is InChI=1S/C16H24N2O2S/c1-11-14(10-17-15-8-9-15)4-3-5-16(11)21(19,20)18-12(2)13-6-7-13/h3-5,12-13,15,17-18H,6-10H2,1-2H3. The molecule has 2 aliphatic carbocycles. The first-order valence-corrected chi connectivity index (χ1v) is 9.30. The summed E-state index contributed by atoms with van der Waals surface area (Å²) in [7, 11) is -3.42. The molecule has 2 fully saturated rings. The van der Waals surface area contributed by atoms with Crippen LogP contribution < -0.4 is 10.0 Å². The van der Waals surface area contributed by atoms with E-state index >= 15 is 0 Å². The van der Waals surface area contributed by atoms with Gasteiger partial charge in [0.2, 0.25) is 10.0 Å². The Bertz CT molecular complexity index is 619. The van der Waals surface area contributed by atoms with Crippen molar-refractivity contribution in [2.24, 2.45) is 5.92 Å². The molecule has 1 aromatic carbocycles. The fourth-order valence-electron chi connectivity index (χ4n) is 2.68. The zero-order valence-electron chi connectivity index (χ0n) is 12.7. The van der Waals surface area contributed by atoms with Crippen LogP contribution in [0.5, 0.6) is 0 Å². The van der Waals surface area contributed by atoms with Crippen LogP contribution in [-0.2, 0) is 16.6 Å². The Morgan fingerprint density at radius 1 is 1.24 bits per heavy atom. The molecular weight excluding hydrogens is 284 g/mol. The molecule has 2 N–H and O–H groups in total. The Labute approximate surface area is 127 Å². The van der Waals surface area contributed by atoms with E-state index in [4.69, 9.17) is 0 Å². The minimum Gasteiger partial charge on any atom is -0.310 e. The van der Waals surface area contributed by atoms with E-state index in [9.17, 15) is 8.42 Å². The first-order valence-electron chi connectivity index (χ1n) is 7.81. The molecule has 0 saturated heterocycles. The number of nitrogens with one attached hydrogen (secondary N) is 2. The van der Waals surface area contributed by atoms with Gasteiger partial charge in [-0.15, -0.1) is 0 Å². The molecule has 2 aliphatic rings. The molecule has 5 heteroatoms. The quantitative estimate of drug-likeness (QED) is 0.813. The van der Waals surface area contributed by atoms with Gasteiger partial charge in [-0.25, -0.2) is 13.1 Å². The van der Waals surface area contributed by atoms with Crippen LogP contribution in [0.3, 0.4) is 0 Å². The molecule has 116 valence electrons. The lowest BCUT2D eigenvalue weighted by atomic mass is 10.1. The summed E-state index contributed by atoms with van der Waals surface area (Å²) in [6.07, 6.45) is 4.73.